The van der Waals surface area contributed by atoms with E-state index in [-0.39, 0.29) is 6.04 Å². The highest BCUT2D eigenvalue weighted by molar-refractivity contribution is 7.99. The van der Waals surface area contributed by atoms with E-state index in [9.17, 15) is 8.78 Å². The van der Waals surface area contributed by atoms with Crippen LogP contribution in [0.4, 0.5) is 8.78 Å². The van der Waals surface area contributed by atoms with Crippen molar-refractivity contribution in [1.29, 1.82) is 0 Å². The minimum absolute atomic E-state index is 0.0660. The zero-order chi connectivity index (χ0) is 12.3. The summed E-state index contributed by atoms with van der Waals surface area (Å²) in [5.41, 5.74) is 0.546. The van der Waals surface area contributed by atoms with Crippen LogP contribution < -0.4 is 5.32 Å². The molecule has 1 nitrogen and oxygen atoms in total. The van der Waals surface area contributed by atoms with Gasteiger partial charge in [-0.1, -0.05) is 6.07 Å². The van der Waals surface area contributed by atoms with Gasteiger partial charge >= 0.3 is 0 Å². The summed E-state index contributed by atoms with van der Waals surface area (Å²) in [6.45, 7) is 1.93. The number of thioether (sulfide) groups is 1. The average molecular weight is 257 g/mol. The van der Waals surface area contributed by atoms with E-state index in [0.717, 1.165) is 30.4 Å². The number of benzene rings is 1. The van der Waals surface area contributed by atoms with Crippen LogP contribution in [0.5, 0.6) is 0 Å². The lowest BCUT2D eigenvalue weighted by molar-refractivity contribution is 0.420. The molecular weight excluding hydrogens is 240 g/mol. The number of hydrogen-bond acceptors (Lipinski definition) is 2. The maximum absolute atomic E-state index is 13.6. The zero-order valence-electron chi connectivity index (χ0n) is 9.88. The summed E-state index contributed by atoms with van der Waals surface area (Å²) in [5.74, 6) is 1.34. The van der Waals surface area contributed by atoms with Crippen molar-refractivity contribution in [2.24, 2.45) is 0 Å². The van der Waals surface area contributed by atoms with Crippen LogP contribution >= 0.6 is 11.8 Å². The molecule has 4 heteroatoms. The van der Waals surface area contributed by atoms with Crippen LogP contribution in [0, 0.1) is 11.6 Å². The molecule has 1 aromatic carbocycles. The molecule has 17 heavy (non-hydrogen) atoms. The summed E-state index contributed by atoms with van der Waals surface area (Å²) < 4.78 is 26.4. The van der Waals surface area contributed by atoms with Crippen molar-refractivity contribution in [3.8, 4) is 0 Å². The van der Waals surface area contributed by atoms with Crippen LogP contribution in [0.15, 0.2) is 18.2 Å². The van der Waals surface area contributed by atoms with Gasteiger partial charge in [0.05, 0.1) is 0 Å². The van der Waals surface area contributed by atoms with Crippen molar-refractivity contribution >= 4 is 11.8 Å². The van der Waals surface area contributed by atoms with Gasteiger partial charge in [0.2, 0.25) is 0 Å². The molecule has 0 amide bonds. The first kappa shape index (κ1) is 12.8. The Bertz CT molecular complexity index is 378. The molecule has 0 aromatic heterocycles. The minimum atomic E-state index is -0.521. The van der Waals surface area contributed by atoms with Crippen molar-refractivity contribution in [3.05, 3.63) is 35.4 Å². The Labute approximate surface area is 105 Å². The van der Waals surface area contributed by atoms with Gasteiger partial charge in [0, 0.05) is 23.7 Å². The fourth-order valence-corrected chi connectivity index (χ4v) is 3.27. The molecule has 0 saturated carbocycles. The molecule has 1 aromatic rings. The Hall–Kier alpha value is -0.610. The van der Waals surface area contributed by atoms with Crippen LogP contribution in [0.1, 0.15) is 31.4 Å². The molecule has 1 N–H and O–H groups in total. The first-order chi connectivity index (χ1) is 8.16. The lowest BCUT2D eigenvalue weighted by Gasteiger charge is -2.26. The largest absolute Gasteiger partial charge is 0.307 e. The summed E-state index contributed by atoms with van der Waals surface area (Å²) in [6.07, 6.45) is 2.25. The fraction of sp³-hybridized carbons (Fsp3) is 0.538. The Balaban J connectivity index is 2.00. The van der Waals surface area contributed by atoms with Crippen molar-refractivity contribution < 1.29 is 8.78 Å². The second-order valence-electron chi connectivity index (χ2n) is 4.44. The third-order valence-corrected chi connectivity index (χ3v) is 4.18. The van der Waals surface area contributed by atoms with Gasteiger partial charge < -0.3 is 5.32 Å². The lowest BCUT2D eigenvalue weighted by Crippen LogP contribution is -2.34. The van der Waals surface area contributed by atoms with Gasteiger partial charge in [0.1, 0.15) is 11.6 Å². The fourth-order valence-electron chi connectivity index (χ4n) is 2.16. The molecule has 1 heterocycles. The van der Waals surface area contributed by atoms with Crippen molar-refractivity contribution in [3.63, 3.8) is 0 Å². The van der Waals surface area contributed by atoms with E-state index >= 15 is 0 Å². The van der Waals surface area contributed by atoms with E-state index in [0.29, 0.717) is 11.6 Å². The number of hydrogen-bond donors (Lipinski definition) is 1. The maximum Gasteiger partial charge on any atom is 0.130 e. The number of nitrogens with one attached hydrogen (secondary N) is 1. The van der Waals surface area contributed by atoms with E-state index in [1.807, 2.05) is 18.7 Å². The van der Waals surface area contributed by atoms with Crippen molar-refractivity contribution in [1.82, 2.24) is 5.32 Å². The highest BCUT2D eigenvalue weighted by atomic mass is 32.2. The van der Waals surface area contributed by atoms with E-state index in [4.69, 9.17) is 0 Å². The lowest BCUT2D eigenvalue weighted by atomic mass is 10.0. The van der Waals surface area contributed by atoms with E-state index in [1.165, 1.54) is 12.1 Å². The number of halogens is 2. The van der Waals surface area contributed by atoms with E-state index < -0.39 is 11.6 Å². The Morgan fingerprint density at radius 1 is 1.29 bits per heavy atom. The molecule has 1 aliphatic rings. The molecule has 1 saturated heterocycles. The van der Waals surface area contributed by atoms with Gasteiger partial charge in [0.25, 0.3) is 0 Å². The second kappa shape index (κ2) is 5.83. The highest BCUT2D eigenvalue weighted by Gasteiger charge is 2.18. The Morgan fingerprint density at radius 3 is 2.65 bits per heavy atom. The quantitative estimate of drug-likeness (QED) is 0.889. The van der Waals surface area contributed by atoms with Crippen molar-refractivity contribution in [2.45, 2.75) is 31.8 Å². The molecule has 1 atom stereocenters. The van der Waals surface area contributed by atoms with Crippen LogP contribution in [0.25, 0.3) is 0 Å². The second-order valence-corrected chi connectivity index (χ2v) is 5.67. The highest BCUT2D eigenvalue weighted by Crippen LogP contribution is 2.22. The molecular formula is C13H17F2NS. The molecule has 0 radical (unpaired) electrons. The van der Waals surface area contributed by atoms with E-state index in [1.54, 1.807) is 0 Å². The number of rotatable bonds is 3. The molecule has 1 aliphatic heterocycles. The topological polar surface area (TPSA) is 12.0 Å². The smallest absolute Gasteiger partial charge is 0.130 e. The van der Waals surface area contributed by atoms with Gasteiger partial charge in [-0.15, -0.1) is 0 Å². The zero-order valence-corrected chi connectivity index (χ0v) is 10.7. The molecule has 1 fully saturated rings. The summed E-state index contributed by atoms with van der Waals surface area (Å²) in [4.78, 5) is 0. The van der Waals surface area contributed by atoms with Crippen LogP contribution in [-0.2, 0) is 0 Å². The average Bonchev–Trinajstić information content (AvgIpc) is 2.30. The van der Waals surface area contributed by atoms with Gasteiger partial charge in [-0.05, 0) is 37.3 Å². The third-order valence-electron chi connectivity index (χ3n) is 3.14. The Morgan fingerprint density at radius 2 is 2.00 bits per heavy atom. The monoisotopic (exact) mass is 257 g/mol. The summed E-state index contributed by atoms with van der Waals surface area (Å²) >= 11 is 1.96. The van der Waals surface area contributed by atoms with Crippen LogP contribution in [0.3, 0.4) is 0 Å². The van der Waals surface area contributed by atoms with Crippen molar-refractivity contribution in [2.75, 3.05) is 11.5 Å². The van der Waals surface area contributed by atoms with Gasteiger partial charge in [0.15, 0.2) is 0 Å². The maximum atomic E-state index is 13.6. The summed E-state index contributed by atoms with van der Waals surface area (Å²) in [7, 11) is 0. The van der Waals surface area contributed by atoms with Gasteiger partial charge in [-0.2, -0.15) is 11.8 Å². The molecule has 0 bridgehead atoms. The SMILES string of the molecule is CC(NC1CCSCC1)c1ccc(F)cc1F. The van der Waals surface area contributed by atoms with Crippen LogP contribution in [0.2, 0.25) is 0 Å². The van der Waals surface area contributed by atoms with Crippen LogP contribution in [-0.4, -0.2) is 17.5 Å². The summed E-state index contributed by atoms with van der Waals surface area (Å²) in [6, 6.07) is 4.18. The molecule has 0 spiro atoms. The molecule has 1 unspecified atom stereocenters. The first-order valence-electron chi connectivity index (χ1n) is 5.95. The molecule has 94 valence electrons. The Kier molecular flexibility index (Phi) is 4.40. The van der Waals surface area contributed by atoms with Gasteiger partial charge in [-0.25, -0.2) is 8.78 Å². The normalized spacial score (nSPS) is 19.2. The standard InChI is InChI=1S/C13H17F2NS/c1-9(16-11-4-6-17-7-5-11)12-3-2-10(14)8-13(12)15/h2-3,8-9,11,16H,4-7H2,1H3. The predicted octanol–water partition coefficient (Wildman–Crippen LogP) is 3.51. The molecule has 2 rings (SSSR count). The third kappa shape index (κ3) is 3.42. The summed E-state index contributed by atoms with van der Waals surface area (Å²) in [5, 5.41) is 3.42. The van der Waals surface area contributed by atoms with E-state index in [2.05, 4.69) is 5.32 Å². The first-order valence-corrected chi connectivity index (χ1v) is 7.11. The minimum Gasteiger partial charge on any atom is -0.307 e. The molecule has 0 aliphatic carbocycles. The van der Waals surface area contributed by atoms with Gasteiger partial charge in [-0.3, -0.25) is 0 Å². The predicted molar refractivity (Wildman–Crippen MR) is 68.3 cm³/mol.